The lowest BCUT2D eigenvalue weighted by molar-refractivity contribution is -0.260. The summed E-state index contributed by atoms with van der Waals surface area (Å²) in [5.41, 5.74) is 0. The molecule has 0 aliphatic carbocycles. The summed E-state index contributed by atoms with van der Waals surface area (Å²) in [5, 5.41) is 9.64. The standard InChI is InChI=1S/C8H12O6/c1-3-4(9)5-6(7(11-2)12-3)14-8(10)13-5/h3-7,9H,1-2H3/t3-,4-,5+,6+,7+/m0/s1. The first-order valence-corrected chi connectivity index (χ1v) is 4.37. The highest BCUT2D eigenvalue weighted by atomic mass is 16.8. The molecular formula is C8H12O6. The molecule has 2 saturated heterocycles. The summed E-state index contributed by atoms with van der Waals surface area (Å²) in [5.74, 6) is 0. The Morgan fingerprint density at radius 3 is 2.64 bits per heavy atom. The molecule has 0 saturated carbocycles. The summed E-state index contributed by atoms with van der Waals surface area (Å²) in [4.78, 5) is 10.9. The van der Waals surface area contributed by atoms with E-state index in [1.807, 2.05) is 0 Å². The molecule has 0 bridgehead atoms. The lowest BCUT2D eigenvalue weighted by atomic mass is 10.0. The van der Waals surface area contributed by atoms with Crippen LogP contribution in [-0.4, -0.2) is 49.1 Å². The summed E-state index contributed by atoms with van der Waals surface area (Å²) in [6, 6.07) is 0. The van der Waals surface area contributed by atoms with Crippen molar-refractivity contribution in [2.75, 3.05) is 7.11 Å². The van der Waals surface area contributed by atoms with Crippen LogP contribution in [-0.2, 0) is 18.9 Å². The Bertz CT molecular complexity index is 234. The number of hydrogen-bond acceptors (Lipinski definition) is 6. The number of carbonyl (C=O) groups is 1. The summed E-state index contributed by atoms with van der Waals surface area (Å²) in [7, 11) is 1.44. The Hall–Kier alpha value is -0.850. The molecule has 0 amide bonds. The van der Waals surface area contributed by atoms with Gasteiger partial charge in [0, 0.05) is 7.11 Å². The van der Waals surface area contributed by atoms with Crippen LogP contribution in [0.1, 0.15) is 6.92 Å². The lowest BCUT2D eigenvalue weighted by Crippen LogP contribution is -2.55. The second-order valence-corrected chi connectivity index (χ2v) is 3.35. The molecule has 2 fully saturated rings. The summed E-state index contributed by atoms with van der Waals surface area (Å²) in [6.07, 6.45) is -4.17. The zero-order chi connectivity index (χ0) is 10.3. The molecule has 2 heterocycles. The Kier molecular flexibility index (Phi) is 2.34. The molecule has 0 aromatic rings. The first-order valence-electron chi connectivity index (χ1n) is 4.37. The molecule has 2 aliphatic heterocycles. The first-order chi connectivity index (χ1) is 6.63. The molecule has 0 aromatic heterocycles. The molecule has 0 radical (unpaired) electrons. The van der Waals surface area contributed by atoms with Crippen molar-refractivity contribution in [1.29, 1.82) is 0 Å². The van der Waals surface area contributed by atoms with Crippen molar-refractivity contribution in [3.05, 3.63) is 0 Å². The van der Waals surface area contributed by atoms with E-state index in [0.29, 0.717) is 0 Å². The van der Waals surface area contributed by atoms with Gasteiger partial charge >= 0.3 is 6.16 Å². The smallest absolute Gasteiger partial charge is 0.424 e. The topological polar surface area (TPSA) is 74.2 Å². The van der Waals surface area contributed by atoms with Gasteiger partial charge in [-0.25, -0.2) is 4.79 Å². The van der Waals surface area contributed by atoms with Crippen LogP contribution in [0.25, 0.3) is 0 Å². The first kappa shape index (κ1) is 9.70. The van der Waals surface area contributed by atoms with Gasteiger partial charge in [0.25, 0.3) is 0 Å². The van der Waals surface area contributed by atoms with Gasteiger partial charge in [0.2, 0.25) is 0 Å². The van der Waals surface area contributed by atoms with Crippen molar-refractivity contribution < 1.29 is 28.8 Å². The van der Waals surface area contributed by atoms with E-state index < -0.39 is 36.9 Å². The van der Waals surface area contributed by atoms with Crippen LogP contribution in [0.3, 0.4) is 0 Å². The Morgan fingerprint density at radius 1 is 1.36 bits per heavy atom. The number of aliphatic hydroxyl groups is 1. The molecule has 1 N–H and O–H groups in total. The van der Waals surface area contributed by atoms with Gasteiger partial charge in [0.15, 0.2) is 18.5 Å². The number of rotatable bonds is 1. The minimum atomic E-state index is -0.877. The van der Waals surface area contributed by atoms with E-state index in [1.165, 1.54) is 7.11 Å². The van der Waals surface area contributed by atoms with Crippen LogP contribution in [0, 0.1) is 0 Å². The quantitative estimate of drug-likeness (QED) is 0.588. The molecule has 6 nitrogen and oxygen atoms in total. The van der Waals surface area contributed by atoms with Gasteiger partial charge in [0.1, 0.15) is 6.10 Å². The third kappa shape index (κ3) is 1.35. The van der Waals surface area contributed by atoms with Crippen molar-refractivity contribution in [3.8, 4) is 0 Å². The Morgan fingerprint density at radius 2 is 2.00 bits per heavy atom. The number of fused-ring (bicyclic) bond motifs is 1. The monoisotopic (exact) mass is 204 g/mol. The van der Waals surface area contributed by atoms with E-state index in [1.54, 1.807) is 6.92 Å². The zero-order valence-corrected chi connectivity index (χ0v) is 7.88. The van der Waals surface area contributed by atoms with Gasteiger partial charge in [-0.1, -0.05) is 0 Å². The van der Waals surface area contributed by atoms with Gasteiger partial charge in [-0.05, 0) is 6.92 Å². The van der Waals surface area contributed by atoms with Crippen LogP contribution in [0.5, 0.6) is 0 Å². The molecular weight excluding hydrogens is 192 g/mol. The van der Waals surface area contributed by atoms with Crippen molar-refractivity contribution in [1.82, 2.24) is 0 Å². The van der Waals surface area contributed by atoms with Crippen molar-refractivity contribution in [2.24, 2.45) is 0 Å². The molecule has 0 aromatic carbocycles. The molecule has 0 unspecified atom stereocenters. The average molecular weight is 204 g/mol. The fraction of sp³-hybridized carbons (Fsp3) is 0.875. The maximum absolute atomic E-state index is 10.9. The van der Waals surface area contributed by atoms with E-state index in [0.717, 1.165) is 0 Å². The Labute approximate surface area is 80.7 Å². The third-order valence-corrected chi connectivity index (χ3v) is 2.46. The maximum atomic E-state index is 10.9. The van der Waals surface area contributed by atoms with Crippen LogP contribution in [0.2, 0.25) is 0 Å². The van der Waals surface area contributed by atoms with E-state index in [2.05, 4.69) is 0 Å². The minimum absolute atomic E-state index is 0.448. The van der Waals surface area contributed by atoms with Gasteiger partial charge in [-0.2, -0.15) is 0 Å². The van der Waals surface area contributed by atoms with Crippen molar-refractivity contribution in [3.63, 3.8) is 0 Å². The normalized spacial score (nSPS) is 46.8. The van der Waals surface area contributed by atoms with Crippen molar-refractivity contribution >= 4 is 6.16 Å². The van der Waals surface area contributed by atoms with Gasteiger partial charge in [0.05, 0.1) is 6.10 Å². The fourth-order valence-electron chi connectivity index (χ4n) is 1.68. The van der Waals surface area contributed by atoms with E-state index in [4.69, 9.17) is 18.9 Å². The lowest BCUT2D eigenvalue weighted by Gasteiger charge is -2.36. The average Bonchev–Trinajstić information content (AvgIpc) is 2.54. The molecule has 5 atom stereocenters. The second-order valence-electron chi connectivity index (χ2n) is 3.35. The minimum Gasteiger partial charge on any atom is -0.424 e. The van der Waals surface area contributed by atoms with E-state index in [-0.39, 0.29) is 0 Å². The van der Waals surface area contributed by atoms with Crippen LogP contribution < -0.4 is 0 Å². The second kappa shape index (κ2) is 3.38. The number of hydrogen-bond donors (Lipinski definition) is 1. The highest BCUT2D eigenvalue weighted by Gasteiger charge is 2.52. The molecule has 14 heavy (non-hydrogen) atoms. The molecule has 80 valence electrons. The third-order valence-electron chi connectivity index (χ3n) is 2.46. The highest BCUT2D eigenvalue weighted by molar-refractivity contribution is 5.62. The maximum Gasteiger partial charge on any atom is 0.509 e. The van der Waals surface area contributed by atoms with Crippen LogP contribution >= 0.6 is 0 Å². The molecule has 2 aliphatic rings. The number of carbonyl (C=O) groups excluding carboxylic acids is 1. The van der Waals surface area contributed by atoms with Crippen LogP contribution in [0.15, 0.2) is 0 Å². The molecule has 6 heteroatoms. The number of aliphatic hydroxyl groups excluding tert-OH is 1. The zero-order valence-electron chi connectivity index (χ0n) is 7.88. The predicted octanol–water partition coefficient (Wildman–Crippen LogP) is -0.358. The number of ether oxygens (including phenoxy) is 4. The summed E-state index contributed by atoms with van der Waals surface area (Å²) in [6.45, 7) is 1.68. The van der Waals surface area contributed by atoms with Gasteiger partial charge in [-0.15, -0.1) is 0 Å². The number of methoxy groups -OCH3 is 1. The largest absolute Gasteiger partial charge is 0.509 e. The van der Waals surface area contributed by atoms with Crippen LogP contribution in [0.4, 0.5) is 4.79 Å². The molecule has 2 rings (SSSR count). The SMILES string of the molecule is CO[C@@H]1O[C@@H](C)[C@H](O)[C@H]2OC(=O)O[C@@H]12. The molecule has 0 spiro atoms. The predicted molar refractivity (Wildman–Crippen MR) is 42.5 cm³/mol. The highest BCUT2D eigenvalue weighted by Crippen LogP contribution is 2.30. The fourth-order valence-corrected chi connectivity index (χ4v) is 1.68. The van der Waals surface area contributed by atoms with Gasteiger partial charge in [-0.3, -0.25) is 0 Å². The Balaban J connectivity index is 2.17. The summed E-state index contributed by atoms with van der Waals surface area (Å²) >= 11 is 0. The van der Waals surface area contributed by atoms with E-state index >= 15 is 0 Å². The van der Waals surface area contributed by atoms with Gasteiger partial charge < -0.3 is 24.1 Å². The van der Waals surface area contributed by atoms with E-state index in [9.17, 15) is 9.90 Å². The summed E-state index contributed by atoms with van der Waals surface area (Å²) < 4.78 is 19.9. The van der Waals surface area contributed by atoms with Crippen molar-refractivity contribution in [2.45, 2.75) is 37.6 Å².